The van der Waals surface area contributed by atoms with E-state index in [1.807, 2.05) is 7.05 Å². The minimum absolute atomic E-state index is 0.213. The molecule has 2 aromatic heterocycles. The second-order valence-electron chi connectivity index (χ2n) is 4.85. The van der Waals surface area contributed by atoms with Gasteiger partial charge < -0.3 is 5.32 Å². The number of fused-ring (bicyclic) bond motifs is 1. The fourth-order valence-corrected chi connectivity index (χ4v) is 2.20. The molecule has 0 saturated carbocycles. The van der Waals surface area contributed by atoms with Crippen LogP contribution < -0.4 is 5.32 Å². The number of aromatic nitrogens is 4. The van der Waals surface area contributed by atoms with Gasteiger partial charge >= 0.3 is 0 Å². The van der Waals surface area contributed by atoms with E-state index in [-0.39, 0.29) is 6.04 Å². The highest BCUT2D eigenvalue weighted by atomic mass is 35.5. The minimum atomic E-state index is 0.213. The van der Waals surface area contributed by atoms with Gasteiger partial charge in [-0.05, 0) is 12.3 Å². The van der Waals surface area contributed by atoms with Crippen LogP contribution in [0, 0.1) is 5.92 Å². The number of anilines is 1. The molecule has 0 fully saturated rings. The molecular formula is C12H18ClN5. The maximum atomic E-state index is 5.99. The van der Waals surface area contributed by atoms with Crippen LogP contribution in [0.25, 0.3) is 11.0 Å². The molecule has 0 aliphatic rings. The predicted octanol–water partition coefficient (Wildman–Crippen LogP) is 2.43. The Morgan fingerprint density at radius 3 is 2.83 bits per heavy atom. The summed E-state index contributed by atoms with van der Waals surface area (Å²) in [7, 11) is 1.87. The van der Waals surface area contributed by atoms with E-state index in [0.29, 0.717) is 11.8 Å². The van der Waals surface area contributed by atoms with E-state index in [1.165, 1.54) is 0 Å². The van der Waals surface area contributed by atoms with Gasteiger partial charge in [0.25, 0.3) is 0 Å². The van der Waals surface area contributed by atoms with Crippen molar-refractivity contribution >= 4 is 28.5 Å². The summed E-state index contributed by atoms with van der Waals surface area (Å²) in [5, 5.41) is 8.50. The Kier molecular flexibility index (Phi) is 4.01. The van der Waals surface area contributed by atoms with Gasteiger partial charge in [0, 0.05) is 19.0 Å². The van der Waals surface area contributed by atoms with Crippen molar-refractivity contribution in [3.63, 3.8) is 0 Å². The van der Waals surface area contributed by atoms with E-state index in [9.17, 15) is 0 Å². The van der Waals surface area contributed by atoms with Crippen molar-refractivity contribution in [3.8, 4) is 0 Å². The van der Waals surface area contributed by atoms with Crippen LogP contribution in [0.4, 0.5) is 5.82 Å². The first-order valence-corrected chi connectivity index (χ1v) is 6.60. The third-order valence-corrected chi connectivity index (χ3v) is 3.18. The monoisotopic (exact) mass is 267 g/mol. The lowest BCUT2D eigenvalue weighted by Gasteiger charge is -2.18. The second-order valence-corrected chi connectivity index (χ2v) is 5.16. The molecule has 0 aromatic carbocycles. The molecule has 5 nitrogen and oxygen atoms in total. The lowest BCUT2D eigenvalue weighted by molar-refractivity contribution is 0.541. The molecule has 98 valence electrons. The SMILES string of the molecule is CC(C)CC(CCl)Nc1ncnc2c1cnn2C. The molecule has 0 aliphatic heterocycles. The molecular weight excluding hydrogens is 250 g/mol. The number of hydrogen-bond acceptors (Lipinski definition) is 4. The molecule has 0 spiro atoms. The molecule has 0 radical (unpaired) electrons. The van der Waals surface area contributed by atoms with E-state index < -0.39 is 0 Å². The highest BCUT2D eigenvalue weighted by molar-refractivity contribution is 6.18. The normalized spacial score (nSPS) is 13.2. The van der Waals surface area contributed by atoms with Gasteiger partial charge in [-0.3, -0.25) is 4.68 Å². The second kappa shape index (κ2) is 5.52. The van der Waals surface area contributed by atoms with Crippen LogP contribution in [-0.4, -0.2) is 31.7 Å². The van der Waals surface area contributed by atoms with E-state index in [4.69, 9.17) is 11.6 Å². The van der Waals surface area contributed by atoms with Crippen molar-refractivity contribution in [3.05, 3.63) is 12.5 Å². The summed E-state index contributed by atoms with van der Waals surface area (Å²) in [6, 6.07) is 0.213. The quantitative estimate of drug-likeness (QED) is 0.846. The summed E-state index contributed by atoms with van der Waals surface area (Å²) in [5.74, 6) is 1.95. The number of alkyl halides is 1. The summed E-state index contributed by atoms with van der Waals surface area (Å²) >= 11 is 5.99. The van der Waals surface area contributed by atoms with E-state index in [0.717, 1.165) is 23.3 Å². The number of aryl methyl sites for hydroxylation is 1. The van der Waals surface area contributed by atoms with Crippen LogP contribution in [0.3, 0.4) is 0 Å². The zero-order chi connectivity index (χ0) is 13.1. The van der Waals surface area contributed by atoms with E-state index >= 15 is 0 Å². The van der Waals surface area contributed by atoms with Crippen molar-refractivity contribution in [2.24, 2.45) is 13.0 Å². The van der Waals surface area contributed by atoms with Gasteiger partial charge in [0.1, 0.15) is 12.1 Å². The molecule has 0 saturated heterocycles. The van der Waals surface area contributed by atoms with Crippen LogP contribution in [-0.2, 0) is 7.05 Å². The molecule has 1 unspecified atom stereocenters. The molecule has 18 heavy (non-hydrogen) atoms. The van der Waals surface area contributed by atoms with Crippen LogP contribution in [0.5, 0.6) is 0 Å². The van der Waals surface area contributed by atoms with Gasteiger partial charge in [0.05, 0.1) is 11.6 Å². The molecule has 1 atom stereocenters. The third-order valence-electron chi connectivity index (χ3n) is 2.81. The maximum Gasteiger partial charge on any atom is 0.163 e. The van der Waals surface area contributed by atoms with E-state index in [2.05, 4.69) is 34.2 Å². The fraction of sp³-hybridized carbons (Fsp3) is 0.583. The third kappa shape index (κ3) is 2.72. The van der Waals surface area contributed by atoms with Gasteiger partial charge in [0.15, 0.2) is 5.65 Å². The molecule has 2 heterocycles. The Bertz CT molecular complexity index is 522. The lowest BCUT2D eigenvalue weighted by atomic mass is 10.1. The van der Waals surface area contributed by atoms with Crippen LogP contribution in [0.15, 0.2) is 12.5 Å². The van der Waals surface area contributed by atoms with Gasteiger partial charge in [-0.1, -0.05) is 13.8 Å². The smallest absolute Gasteiger partial charge is 0.163 e. The van der Waals surface area contributed by atoms with Gasteiger partial charge in [-0.25, -0.2) is 9.97 Å². The Labute approximate surface area is 112 Å². The van der Waals surface area contributed by atoms with Crippen LogP contribution >= 0.6 is 11.6 Å². The average molecular weight is 268 g/mol. The lowest BCUT2D eigenvalue weighted by Crippen LogP contribution is -2.24. The van der Waals surface area contributed by atoms with Crippen molar-refractivity contribution in [2.45, 2.75) is 26.3 Å². The van der Waals surface area contributed by atoms with Crippen molar-refractivity contribution < 1.29 is 0 Å². The Morgan fingerprint density at radius 1 is 1.39 bits per heavy atom. The zero-order valence-corrected chi connectivity index (χ0v) is 11.6. The molecule has 2 rings (SSSR count). The van der Waals surface area contributed by atoms with Gasteiger partial charge in [-0.2, -0.15) is 5.10 Å². The minimum Gasteiger partial charge on any atom is -0.365 e. The Morgan fingerprint density at radius 2 is 2.17 bits per heavy atom. The molecule has 0 bridgehead atoms. The summed E-state index contributed by atoms with van der Waals surface area (Å²) in [6.45, 7) is 4.36. The molecule has 0 aliphatic carbocycles. The number of hydrogen-bond donors (Lipinski definition) is 1. The highest BCUT2D eigenvalue weighted by Crippen LogP contribution is 2.20. The summed E-state index contributed by atoms with van der Waals surface area (Å²) in [6.07, 6.45) is 4.33. The van der Waals surface area contributed by atoms with Crippen LogP contribution in [0.1, 0.15) is 20.3 Å². The predicted molar refractivity (Wildman–Crippen MR) is 73.9 cm³/mol. The summed E-state index contributed by atoms with van der Waals surface area (Å²) < 4.78 is 1.74. The van der Waals surface area contributed by atoms with E-state index in [1.54, 1.807) is 17.2 Å². The maximum absolute atomic E-state index is 5.99. The first-order valence-electron chi connectivity index (χ1n) is 6.07. The first kappa shape index (κ1) is 13.1. The summed E-state index contributed by atoms with van der Waals surface area (Å²) in [5.41, 5.74) is 0.824. The van der Waals surface area contributed by atoms with Crippen molar-refractivity contribution in [1.82, 2.24) is 19.7 Å². The standard InChI is InChI=1S/C12H18ClN5/c1-8(2)4-9(5-13)17-11-10-6-16-18(3)12(10)15-7-14-11/h6-9H,4-5H2,1-3H3,(H,14,15,17). The topological polar surface area (TPSA) is 55.6 Å². The van der Waals surface area contributed by atoms with Gasteiger partial charge in [0.2, 0.25) is 0 Å². The Balaban J connectivity index is 2.25. The number of nitrogens with one attached hydrogen (secondary N) is 1. The molecule has 1 N–H and O–H groups in total. The molecule has 0 amide bonds. The number of nitrogens with zero attached hydrogens (tertiary/aromatic N) is 4. The van der Waals surface area contributed by atoms with Gasteiger partial charge in [-0.15, -0.1) is 11.6 Å². The fourth-order valence-electron chi connectivity index (χ4n) is 2.00. The van der Waals surface area contributed by atoms with Crippen LogP contribution in [0.2, 0.25) is 0 Å². The zero-order valence-electron chi connectivity index (χ0n) is 10.9. The molecule has 6 heteroatoms. The first-order chi connectivity index (χ1) is 8.61. The summed E-state index contributed by atoms with van der Waals surface area (Å²) in [4.78, 5) is 8.49. The van der Waals surface area contributed by atoms with Crippen molar-refractivity contribution in [1.29, 1.82) is 0 Å². The average Bonchev–Trinajstić information content (AvgIpc) is 2.71. The highest BCUT2D eigenvalue weighted by Gasteiger charge is 2.13. The molecule has 2 aromatic rings. The number of rotatable bonds is 5. The number of halogens is 1. The Hall–Kier alpha value is -1.36. The van der Waals surface area contributed by atoms with Crippen molar-refractivity contribution in [2.75, 3.05) is 11.2 Å². The largest absolute Gasteiger partial charge is 0.365 e.